The van der Waals surface area contributed by atoms with E-state index in [4.69, 9.17) is 4.74 Å². The summed E-state index contributed by atoms with van der Waals surface area (Å²) in [4.78, 5) is 4.28. The first-order chi connectivity index (χ1) is 12.5. The van der Waals surface area contributed by atoms with Crippen LogP contribution in [0.4, 0.5) is 13.2 Å². The van der Waals surface area contributed by atoms with Gasteiger partial charge in [-0.2, -0.15) is 13.2 Å². The lowest BCUT2D eigenvalue weighted by molar-refractivity contribution is -0.145. The highest BCUT2D eigenvalue weighted by molar-refractivity contribution is 5.80. The molecule has 0 radical (unpaired) electrons. The second-order valence-electron chi connectivity index (χ2n) is 5.49. The predicted molar refractivity (Wildman–Crippen MR) is 85.7 cm³/mol. The molecule has 9 heteroatoms. The summed E-state index contributed by atoms with van der Waals surface area (Å²) in [6, 6.07) is 13.0. The standard InChI is InChI=1S/C17H11F3N4O2/c18-17(19,20)16-23-22-14-15(26-11-4-2-1-3-5-11)21-12-8-10(9-25)6-7-13(12)24(14)16/h1-8,25H,9H2. The Morgan fingerprint density at radius 3 is 2.50 bits per heavy atom. The molecule has 0 saturated carbocycles. The Bertz CT molecular complexity index is 1090. The van der Waals surface area contributed by atoms with Gasteiger partial charge in [0.2, 0.25) is 11.5 Å². The van der Waals surface area contributed by atoms with Crippen LogP contribution in [0.5, 0.6) is 11.6 Å². The first kappa shape index (κ1) is 16.3. The number of fused-ring (bicyclic) bond motifs is 3. The third-order valence-electron chi connectivity index (χ3n) is 3.75. The second kappa shape index (κ2) is 5.95. The zero-order valence-corrected chi connectivity index (χ0v) is 13.1. The largest absolute Gasteiger partial charge is 0.452 e. The van der Waals surface area contributed by atoms with Crippen molar-refractivity contribution in [1.29, 1.82) is 0 Å². The van der Waals surface area contributed by atoms with Crippen LogP contribution in [0.2, 0.25) is 0 Å². The van der Waals surface area contributed by atoms with Crippen molar-refractivity contribution in [3.63, 3.8) is 0 Å². The third kappa shape index (κ3) is 2.72. The van der Waals surface area contributed by atoms with E-state index in [1.54, 1.807) is 30.3 Å². The Morgan fingerprint density at radius 1 is 1.04 bits per heavy atom. The van der Waals surface area contributed by atoms with Crippen molar-refractivity contribution >= 4 is 16.7 Å². The van der Waals surface area contributed by atoms with E-state index in [9.17, 15) is 18.3 Å². The normalized spacial score (nSPS) is 12.0. The quantitative estimate of drug-likeness (QED) is 0.605. The fraction of sp³-hybridized carbons (Fsp3) is 0.118. The van der Waals surface area contributed by atoms with Gasteiger partial charge in [0.1, 0.15) is 5.75 Å². The molecule has 0 aliphatic heterocycles. The van der Waals surface area contributed by atoms with Gasteiger partial charge in [-0.15, -0.1) is 10.2 Å². The molecule has 0 unspecified atom stereocenters. The number of hydrogen-bond donors (Lipinski definition) is 1. The summed E-state index contributed by atoms with van der Waals surface area (Å²) in [7, 11) is 0. The summed E-state index contributed by atoms with van der Waals surface area (Å²) in [6.45, 7) is -0.265. The molecule has 132 valence electrons. The van der Waals surface area contributed by atoms with Gasteiger partial charge in [0.05, 0.1) is 17.6 Å². The number of alkyl halides is 3. The van der Waals surface area contributed by atoms with Gasteiger partial charge in [-0.05, 0) is 29.8 Å². The first-order valence-corrected chi connectivity index (χ1v) is 7.56. The van der Waals surface area contributed by atoms with Crippen LogP contribution in [0.1, 0.15) is 11.4 Å². The van der Waals surface area contributed by atoms with Crippen molar-refractivity contribution in [3.05, 3.63) is 59.9 Å². The van der Waals surface area contributed by atoms with Crippen LogP contribution in [0.3, 0.4) is 0 Å². The smallest absolute Gasteiger partial charge is 0.436 e. The Balaban J connectivity index is 2.02. The maximum Gasteiger partial charge on any atom is 0.452 e. The molecule has 0 spiro atoms. The lowest BCUT2D eigenvalue weighted by Gasteiger charge is -2.11. The van der Waals surface area contributed by atoms with E-state index in [1.807, 2.05) is 0 Å². The zero-order valence-electron chi connectivity index (χ0n) is 13.1. The zero-order chi connectivity index (χ0) is 18.3. The third-order valence-corrected chi connectivity index (χ3v) is 3.75. The monoisotopic (exact) mass is 360 g/mol. The molecule has 4 rings (SSSR count). The molecule has 2 aromatic heterocycles. The number of hydrogen-bond acceptors (Lipinski definition) is 5. The SMILES string of the molecule is OCc1ccc2c(c1)nc(Oc1ccccc1)c1nnc(C(F)(F)F)n12. The van der Waals surface area contributed by atoms with E-state index in [0.29, 0.717) is 11.3 Å². The first-order valence-electron chi connectivity index (χ1n) is 7.56. The number of nitrogens with zero attached hydrogens (tertiary/aromatic N) is 4. The number of rotatable bonds is 3. The molecule has 2 aromatic carbocycles. The van der Waals surface area contributed by atoms with Gasteiger partial charge >= 0.3 is 6.18 Å². The van der Waals surface area contributed by atoms with Crippen LogP contribution in [0.15, 0.2) is 48.5 Å². The van der Waals surface area contributed by atoms with Gasteiger partial charge in [0.25, 0.3) is 5.88 Å². The molecular formula is C17H11F3N4O2. The lowest BCUT2D eigenvalue weighted by atomic mass is 10.2. The van der Waals surface area contributed by atoms with E-state index >= 15 is 0 Å². The van der Waals surface area contributed by atoms with Gasteiger partial charge in [-0.25, -0.2) is 4.98 Å². The summed E-state index contributed by atoms with van der Waals surface area (Å²) in [6.07, 6.45) is -4.70. The Morgan fingerprint density at radius 2 is 1.81 bits per heavy atom. The van der Waals surface area contributed by atoms with Gasteiger partial charge in [-0.3, -0.25) is 4.40 Å². The van der Waals surface area contributed by atoms with E-state index in [2.05, 4.69) is 15.2 Å². The molecule has 0 amide bonds. The average molecular weight is 360 g/mol. The number of ether oxygens (including phenoxy) is 1. The minimum atomic E-state index is -4.70. The molecule has 6 nitrogen and oxygen atoms in total. The van der Waals surface area contributed by atoms with Crippen molar-refractivity contribution in [3.8, 4) is 11.6 Å². The highest BCUT2D eigenvalue weighted by Crippen LogP contribution is 2.33. The topological polar surface area (TPSA) is 72.5 Å². The van der Waals surface area contributed by atoms with E-state index in [1.165, 1.54) is 18.2 Å². The number of halogens is 3. The van der Waals surface area contributed by atoms with Crippen molar-refractivity contribution in [2.75, 3.05) is 0 Å². The number of para-hydroxylation sites is 1. The molecule has 0 aliphatic carbocycles. The van der Waals surface area contributed by atoms with Gasteiger partial charge in [0, 0.05) is 0 Å². The summed E-state index contributed by atoms with van der Waals surface area (Å²) >= 11 is 0. The maximum atomic E-state index is 13.4. The minimum Gasteiger partial charge on any atom is -0.436 e. The van der Waals surface area contributed by atoms with Crippen LogP contribution in [-0.4, -0.2) is 24.7 Å². The van der Waals surface area contributed by atoms with E-state index in [0.717, 1.165) is 4.40 Å². The van der Waals surface area contributed by atoms with Crippen LogP contribution >= 0.6 is 0 Å². The fourth-order valence-electron chi connectivity index (χ4n) is 2.61. The summed E-state index contributed by atoms with van der Waals surface area (Å²) < 4.78 is 46.6. The lowest BCUT2D eigenvalue weighted by Crippen LogP contribution is -2.12. The van der Waals surface area contributed by atoms with Crippen molar-refractivity contribution in [1.82, 2.24) is 19.6 Å². The van der Waals surface area contributed by atoms with Gasteiger partial charge < -0.3 is 9.84 Å². The number of aliphatic hydroxyl groups is 1. The van der Waals surface area contributed by atoms with E-state index in [-0.39, 0.29) is 29.2 Å². The molecule has 0 atom stereocenters. The maximum absolute atomic E-state index is 13.4. The minimum absolute atomic E-state index is 0.109. The number of aromatic nitrogens is 4. The van der Waals surface area contributed by atoms with Crippen molar-refractivity contribution < 1.29 is 23.0 Å². The summed E-state index contributed by atoms with van der Waals surface area (Å²) in [5.41, 5.74) is 0.747. The summed E-state index contributed by atoms with van der Waals surface area (Å²) in [5.74, 6) is -0.882. The van der Waals surface area contributed by atoms with Gasteiger partial charge in [-0.1, -0.05) is 24.3 Å². The van der Waals surface area contributed by atoms with Crippen LogP contribution in [-0.2, 0) is 12.8 Å². The molecule has 2 heterocycles. The molecule has 0 saturated heterocycles. The Hall–Kier alpha value is -3.20. The predicted octanol–water partition coefficient (Wildman–Crippen LogP) is 3.58. The number of benzene rings is 2. The van der Waals surface area contributed by atoms with E-state index < -0.39 is 12.0 Å². The molecule has 26 heavy (non-hydrogen) atoms. The second-order valence-corrected chi connectivity index (χ2v) is 5.49. The van der Waals surface area contributed by atoms with Crippen LogP contribution in [0, 0.1) is 0 Å². The molecule has 0 aliphatic rings. The average Bonchev–Trinajstić information content (AvgIpc) is 3.08. The van der Waals surface area contributed by atoms with Crippen LogP contribution < -0.4 is 4.74 Å². The van der Waals surface area contributed by atoms with Crippen LogP contribution in [0.25, 0.3) is 16.7 Å². The Kier molecular flexibility index (Phi) is 3.73. The van der Waals surface area contributed by atoms with Crippen molar-refractivity contribution in [2.24, 2.45) is 0 Å². The fourth-order valence-corrected chi connectivity index (χ4v) is 2.61. The molecule has 4 aromatic rings. The van der Waals surface area contributed by atoms with Crippen molar-refractivity contribution in [2.45, 2.75) is 12.8 Å². The molecule has 0 bridgehead atoms. The highest BCUT2D eigenvalue weighted by Gasteiger charge is 2.38. The summed E-state index contributed by atoms with van der Waals surface area (Å²) in [5, 5.41) is 16.2. The van der Waals surface area contributed by atoms with Gasteiger partial charge in [0.15, 0.2) is 0 Å². The highest BCUT2D eigenvalue weighted by atomic mass is 19.4. The molecule has 0 fully saturated rings. The Labute approximate surface area is 144 Å². The molecule has 1 N–H and O–H groups in total. The molecular weight excluding hydrogens is 349 g/mol. The number of aliphatic hydroxyl groups excluding tert-OH is 1.